The molecule has 0 aliphatic carbocycles. The number of thiazole rings is 1. The van der Waals surface area contributed by atoms with Gasteiger partial charge in [-0.3, -0.25) is 4.79 Å². The van der Waals surface area contributed by atoms with Crippen LogP contribution in [0.15, 0.2) is 54.7 Å². The molecule has 25 heavy (non-hydrogen) atoms. The molecule has 3 aromatic rings. The van der Waals surface area contributed by atoms with Gasteiger partial charge in [-0.25, -0.2) is 4.98 Å². The zero-order valence-electron chi connectivity index (χ0n) is 13.4. The third kappa shape index (κ3) is 4.59. The first-order chi connectivity index (χ1) is 12.1. The van der Waals surface area contributed by atoms with Crippen molar-refractivity contribution in [3.63, 3.8) is 0 Å². The maximum Gasteiger partial charge on any atom is 0.263 e. The van der Waals surface area contributed by atoms with Crippen molar-refractivity contribution in [1.82, 2.24) is 10.3 Å². The van der Waals surface area contributed by atoms with E-state index in [1.54, 1.807) is 24.4 Å². The van der Waals surface area contributed by atoms with E-state index in [2.05, 4.69) is 10.3 Å². The Morgan fingerprint density at radius 2 is 1.92 bits per heavy atom. The molecule has 0 radical (unpaired) electrons. The van der Waals surface area contributed by atoms with Crippen LogP contribution in [-0.2, 0) is 6.42 Å². The fourth-order valence-electron chi connectivity index (χ4n) is 2.38. The lowest BCUT2D eigenvalue weighted by molar-refractivity contribution is 0.0957. The Morgan fingerprint density at radius 3 is 2.68 bits per heavy atom. The van der Waals surface area contributed by atoms with Gasteiger partial charge in [0.2, 0.25) is 0 Å². The molecule has 2 N–H and O–H groups in total. The normalized spacial score (nSPS) is 10.6. The number of carbonyl (C=O) groups is 1. The summed E-state index contributed by atoms with van der Waals surface area (Å²) >= 11 is 7.50. The van der Waals surface area contributed by atoms with Gasteiger partial charge < -0.3 is 10.4 Å². The van der Waals surface area contributed by atoms with Gasteiger partial charge in [-0.15, -0.1) is 11.3 Å². The Balaban J connectivity index is 1.52. The predicted octanol–water partition coefficient (Wildman–Crippen LogP) is 4.53. The summed E-state index contributed by atoms with van der Waals surface area (Å²) < 4.78 is 0. The summed E-state index contributed by atoms with van der Waals surface area (Å²) in [4.78, 5) is 17.1. The zero-order chi connectivity index (χ0) is 17.6. The van der Waals surface area contributed by atoms with E-state index < -0.39 is 0 Å². The highest BCUT2D eigenvalue weighted by molar-refractivity contribution is 7.17. The lowest BCUT2D eigenvalue weighted by Gasteiger charge is -2.04. The van der Waals surface area contributed by atoms with E-state index in [0.717, 1.165) is 29.0 Å². The number of nitrogens with zero attached hydrogens (tertiary/aromatic N) is 1. The van der Waals surface area contributed by atoms with E-state index in [-0.39, 0.29) is 11.7 Å². The van der Waals surface area contributed by atoms with Crippen LogP contribution >= 0.6 is 22.9 Å². The summed E-state index contributed by atoms with van der Waals surface area (Å²) in [7, 11) is 0. The molecule has 1 amide bonds. The van der Waals surface area contributed by atoms with E-state index in [0.29, 0.717) is 16.4 Å². The van der Waals surface area contributed by atoms with Crippen LogP contribution in [0.3, 0.4) is 0 Å². The van der Waals surface area contributed by atoms with Crippen molar-refractivity contribution in [3.05, 3.63) is 70.2 Å². The number of benzene rings is 2. The number of rotatable bonds is 6. The SMILES string of the molecule is O=C(NCCCc1ccc(O)cc1)c1cnc(-c2ccccc2Cl)s1. The summed E-state index contributed by atoms with van der Waals surface area (Å²) in [6, 6.07) is 14.6. The van der Waals surface area contributed by atoms with Crippen LogP contribution in [0.2, 0.25) is 5.02 Å². The highest BCUT2D eigenvalue weighted by Gasteiger charge is 2.12. The summed E-state index contributed by atoms with van der Waals surface area (Å²) in [6.45, 7) is 0.582. The molecule has 0 bridgehead atoms. The summed E-state index contributed by atoms with van der Waals surface area (Å²) in [5.74, 6) is 0.137. The number of phenolic OH excluding ortho intramolecular Hbond substituents is 1. The fourth-order valence-corrected chi connectivity index (χ4v) is 3.54. The molecule has 1 aromatic heterocycles. The molecule has 0 unspecified atom stereocenters. The molecular weight excluding hydrogens is 356 g/mol. The first-order valence-electron chi connectivity index (χ1n) is 7.90. The zero-order valence-corrected chi connectivity index (χ0v) is 15.0. The second-order valence-electron chi connectivity index (χ2n) is 5.54. The number of carbonyl (C=O) groups excluding carboxylic acids is 1. The number of halogens is 1. The third-order valence-corrected chi connectivity index (χ3v) is 5.06. The average Bonchev–Trinajstić information content (AvgIpc) is 3.10. The lowest BCUT2D eigenvalue weighted by Crippen LogP contribution is -2.23. The smallest absolute Gasteiger partial charge is 0.263 e. The van der Waals surface area contributed by atoms with E-state index in [1.807, 2.05) is 30.3 Å². The Morgan fingerprint density at radius 1 is 1.16 bits per heavy atom. The third-order valence-electron chi connectivity index (χ3n) is 3.70. The van der Waals surface area contributed by atoms with E-state index in [9.17, 15) is 9.90 Å². The standard InChI is InChI=1S/C19H17ClN2O2S/c20-16-6-2-1-5-15(16)19-22-12-17(25-19)18(24)21-11-3-4-13-7-9-14(23)10-8-13/h1-2,5-10,12,23H,3-4,11H2,(H,21,24). The molecule has 0 spiro atoms. The molecule has 0 saturated carbocycles. The van der Waals surface area contributed by atoms with E-state index in [1.165, 1.54) is 11.3 Å². The topological polar surface area (TPSA) is 62.2 Å². The number of hydrogen-bond donors (Lipinski definition) is 2. The Hall–Kier alpha value is -2.37. The number of phenols is 1. The van der Waals surface area contributed by atoms with Crippen molar-refractivity contribution in [3.8, 4) is 16.3 Å². The number of aromatic nitrogens is 1. The van der Waals surface area contributed by atoms with Crippen molar-refractivity contribution in [2.24, 2.45) is 0 Å². The van der Waals surface area contributed by atoms with Crippen LogP contribution in [0.1, 0.15) is 21.7 Å². The van der Waals surface area contributed by atoms with Gasteiger partial charge in [0, 0.05) is 12.1 Å². The molecule has 0 aliphatic heterocycles. The number of amides is 1. The summed E-state index contributed by atoms with van der Waals surface area (Å²) in [5, 5.41) is 13.5. The molecular formula is C19H17ClN2O2S. The minimum atomic E-state index is -0.124. The quantitative estimate of drug-likeness (QED) is 0.625. The number of aryl methyl sites for hydroxylation is 1. The maximum absolute atomic E-state index is 12.2. The van der Waals surface area contributed by atoms with Gasteiger partial charge >= 0.3 is 0 Å². The van der Waals surface area contributed by atoms with Crippen LogP contribution in [0.4, 0.5) is 0 Å². The molecule has 0 saturated heterocycles. The van der Waals surface area contributed by atoms with Crippen molar-refractivity contribution < 1.29 is 9.90 Å². The molecule has 0 atom stereocenters. The minimum Gasteiger partial charge on any atom is -0.508 e. The minimum absolute atomic E-state index is 0.124. The van der Waals surface area contributed by atoms with E-state index in [4.69, 9.17) is 11.6 Å². The molecule has 0 aliphatic rings. The lowest BCUT2D eigenvalue weighted by atomic mass is 10.1. The second kappa shape index (κ2) is 8.14. The van der Waals surface area contributed by atoms with Gasteiger partial charge in [-0.2, -0.15) is 0 Å². The Kier molecular flexibility index (Phi) is 5.68. The first-order valence-corrected chi connectivity index (χ1v) is 9.10. The van der Waals surface area contributed by atoms with Crippen LogP contribution in [0, 0.1) is 0 Å². The van der Waals surface area contributed by atoms with Gasteiger partial charge in [0.05, 0.1) is 11.2 Å². The molecule has 6 heteroatoms. The molecule has 0 fully saturated rings. The molecule has 4 nitrogen and oxygen atoms in total. The van der Waals surface area contributed by atoms with Crippen LogP contribution in [0.25, 0.3) is 10.6 Å². The monoisotopic (exact) mass is 372 g/mol. The van der Waals surface area contributed by atoms with Gasteiger partial charge in [-0.05, 0) is 36.6 Å². The molecule has 3 rings (SSSR count). The Labute approximate surface area is 155 Å². The molecule has 2 aromatic carbocycles. The van der Waals surface area contributed by atoms with Crippen molar-refractivity contribution in [1.29, 1.82) is 0 Å². The number of nitrogens with one attached hydrogen (secondary N) is 1. The first kappa shape index (κ1) is 17.5. The summed E-state index contributed by atoms with van der Waals surface area (Å²) in [6.07, 6.45) is 3.25. The average molecular weight is 373 g/mol. The highest BCUT2D eigenvalue weighted by Crippen LogP contribution is 2.30. The van der Waals surface area contributed by atoms with E-state index >= 15 is 0 Å². The van der Waals surface area contributed by atoms with Crippen LogP contribution < -0.4 is 5.32 Å². The fraction of sp³-hybridized carbons (Fsp3) is 0.158. The molecule has 1 heterocycles. The molecule has 128 valence electrons. The van der Waals surface area contributed by atoms with Crippen molar-refractivity contribution in [2.45, 2.75) is 12.8 Å². The number of aromatic hydroxyl groups is 1. The van der Waals surface area contributed by atoms with Gasteiger partial charge in [0.15, 0.2) is 0 Å². The number of hydrogen-bond acceptors (Lipinski definition) is 4. The Bertz CT molecular complexity index is 862. The van der Waals surface area contributed by atoms with Gasteiger partial charge in [0.25, 0.3) is 5.91 Å². The van der Waals surface area contributed by atoms with Crippen LogP contribution in [0.5, 0.6) is 5.75 Å². The van der Waals surface area contributed by atoms with Gasteiger partial charge in [0.1, 0.15) is 15.6 Å². The van der Waals surface area contributed by atoms with Crippen molar-refractivity contribution in [2.75, 3.05) is 6.54 Å². The van der Waals surface area contributed by atoms with Crippen molar-refractivity contribution >= 4 is 28.8 Å². The van der Waals surface area contributed by atoms with Gasteiger partial charge in [-0.1, -0.05) is 41.9 Å². The van der Waals surface area contributed by atoms with Crippen LogP contribution in [-0.4, -0.2) is 22.5 Å². The largest absolute Gasteiger partial charge is 0.508 e. The highest BCUT2D eigenvalue weighted by atomic mass is 35.5. The second-order valence-corrected chi connectivity index (χ2v) is 6.97. The predicted molar refractivity (Wildman–Crippen MR) is 101 cm³/mol. The summed E-state index contributed by atoms with van der Waals surface area (Å²) in [5.41, 5.74) is 1.96. The maximum atomic E-state index is 12.2.